The van der Waals surface area contributed by atoms with Crippen LogP contribution in [0, 0.1) is 17.1 Å². The van der Waals surface area contributed by atoms with Crippen LogP contribution in [0.25, 0.3) is 11.0 Å². The molecular formula is C21H19FN4O2. The fourth-order valence-corrected chi connectivity index (χ4v) is 3.72. The predicted molar refractivity (Wildman–Crippen MR) is 101 cm³/mol. The number of benzene rings is 2. The van der Waals surface area contributed by atoms with Gasteiger partial charge in [-0.2, -0.15) is 5.26 Å². The van der Waals surface area contributed by atoms with Crippen LogP contribution in [-0.4, -0.2) is 27.5 Å². The summed E-state index contributed by atoms with van der Waals surface area (Å²) in [6, 6.07) is 13.9. The predicted octanol–water partition coefficient (Wildman–Crippen LogP) is 4.22. The summed E-state index contributed by atoms with van der Waals surface area (Å²) in [5.74, 6) is 0.0220. The number of aromatic nitrogens is 2. The maximum absolute atomic E-state index is 13.7. The molecule has 1 N–H and O–H groups in total. The number of amides is 1. The summed E-state index contributed by atoms with van der Waals surface area (Å²) in [5.41, 5.74) is 1.21. The summed E-state index contributed by atoms with van der Waals surface area (Å²) in [5, 5.41) is 9.26. The van der Waals surface area contributed by atoms with Gasteiger partial charge in [0.1, 0.15) is 35.4 Å². The Morgan fingerprint density at radius 3 is 2.93 bits per heavy atom. The number of rotatable bonds is 3. The number of carbonyl (C=O) groups excluding carboxylic acids is 1. The number of nitriles is 1. The van der Waals surface area contributed by atoms with Gasteiger partial charge >= 0.3 is 6.09 Å². The molecular weight excluding hydrogens is 359 g/mol. The zero-order valence-corrected chi connectivity index (χ0v) is 15.4. The zero-order chi connectivity index (χ0) is 19.7. The molecule has 1 amide bonds. The van der Waals surface area contributed by atoms with Gasteiger partial charge in [-0.05, 0) is 37.5 Å². The van der Waals surface area contributed by atoms with Gasteiger partial charge in [-0.3, -0.25) is 4.90 Å². The van der Waals surface area contributed by atoms with Gasteiger partial charge in [0.25, 0.3) is 0 Å². The molecule has 0 saturated carbocycles. The van der Waals surface area contributed by atoms with Crippen LogP contribution in [0.3, 0.4) is 0 Å². The summed E-state index contributed by atoms with van der Waals surface area (Å²) in [6.45, 7) is 2.64. The molecule has 0 radical (unpaired) electrons. The van der Waals surface area contributed by atoms with Crippen molar-refractivity contribution in [2.45, 2.75) is 31.9 Å². The Labute approximate surface area is 161 Å². The van der Waals surface area contributed by atoms with Crippen molar-refractivity contribution in [2.75, 3.05) is 6.54 Å². The lowest BCUT2D eigenvalue weighted by atomic mass is 9.98. The standard InChI is InChI=1S/C21H19FN4O2/c1-21(19-24-17-11-16(22)10-15(12-23)18(17)25-19)8-5-9-26(21)20(27)28-13-14-6-3-2-4-7-14/h2-4,6-7,10-11H,5,8-9,13H2,1H3,(H,24,25)/t21-/m1/s1. The number of ether oxygens (including phenoxy) is 1. The Morgan fingerprint density at radius 1 is 1.39 bits per heavy atom. The molecule has 0 aliphatic carbocycles. The molecule has 28 heavy (non-hydrogen) atoms. The average Bonchev–Trinajstić information content (AvgIpc) is 3.31. The number of aromatic amines is 1. The van der Waals surface area contributed by atoms with E-state index in [-0.39, 0.29) is 12.2 Å². The minimum atomic E-state index is -0.712. The first kappa shape index (κ1) is 18.0. The van der Waals surface area contributed by atoms with Crippen molar-refractivity contribution < 1.29 is 13.9 Å². The number of nitrogens with zero attached hydrogens (tertiary/aromatic N) is 3. The highest BCUT2D eigenvalue weighted by molar-refractivity contribution is 5.82. The van der Waals surface area contributed by atoms with Crippen LogP contribution in [0.4, 0.5) is 9.18 Å². The van der Waals surface area contributed by atoms with Crippen LogP contribution in [0.15, 0.2) is 42.5 Å². The van der Waals surface area contributed by atoms with E-state index >= 15 is 0 Å². The maximum atomic E-state index is 13.7. The molecule has 1 aliphatic heterocycles. The molecule has 2 aromatic carbocycles. The average molecular weight is 378 g/mol. The number of H-pyrrole nitrogens is 1. The number of carbonyl (C=O) groups is 1. The first-order valence-electron chi connectivity index (χ1n) is 9.09. The first-order chi connectivity index (χ1) is 13.5. The largest absolute Gasteiger partial charge is 0.445 e. The quantitative estimate of drug-likeness (QED) is 0.740. The molecule has 142 valence electrons. The fraction of sp³-hybridized carbons (Fsp3) is 0.286. The van der Waals surface area contributed by atoms with Crippen LogP contribution in [0.1, 0.15) is 36.7 Å². The monoisotopic (exact) mass is 378 g/mol. The number of nitrogens with one attached hydrogen (secondary N) is 1. The summed E-state index contributed by atoms with van der Waals surface area (Å²) >= 11 is 0. The maximum Gasteiger partial charge on any atom is 0.410 e. The molecule has 1 aliphatic rings. The topological polar surface area (TPSA) is 82.0 Å². The highest BCUT2D eigenvalue weighted by Gasteiger charge is 2.44. The zero-order valence-electron chi connectivity index (χ0n) is 15.4. The van der Waals surface area contributed by atoms with Crippen LogP contribution in [0.2, 0.25) is 0 Å². The smallest absolute Gasteiger partial charge is 0.410 e. The van der Waals surface area contributed by atoms with E-state index in [0.717, 1.165) is 18.1 Å². The lowest BCUT2D eigenvalue weighted by Gasteiger charge is -2.32. The molecule has 4 rings (SSSR count). The van der Waals surface area contributed by atoms with Gasteiger partial charge in [0.05, 0.1) is 11.1 Å². The van der Waals surface area contributed by atoms with Crippen molar-refractivity contribution in [1.29, 1.82) is 5.26 Å². The highest BCUT2D eigenvalue weighted by atomic mass is 19.1. The van der Waals surface area contributed by atoms with Gasteiger partial charge < -0.3 is 9.72 Å². The molecule has 1 saturated heterocycles. The molecule has 2 heterocycles. The van der Waals surface area contributed by atoms with E-state index in [1.165, 1.54) is 6.07 Å². The van der Waals surface area contributed by atoms with Crippen LogP contribution < -0.4 is 0 Å². The molecule has 3 aromatic rings. The third-order valence-electron chi connectivity index (χ3n) is 5.25. The van der Waals surface area contributed by atoms with Crippen molar-refractivity contribution in [3.05, 3.63) is 65.2 Å². The fourth-order valence-electron chi connectivity index (χ4n) is 3.72. The highest BCUT2D eigenvalue weighted by Crippen LogP contribution is 2.38. The first-order valence-corrected chi connectivity index (χ1v) is 9.09. The van der Waals surface area contributed by atoms with Crippen molar-refractivity contribution >= 4 is 17.1 Å². The van der Waals surface area contributed by atoms with Gasteiger partial charge in [-0.25, -0.2) is 14.2 Å². The summed E-state index contributed by atoms with van der Waals surface area (Å²) < 4.78 is 19.2. The third-order valence-corrected chi connectivity index (χ3v) is 5.25. The minimum Gasteiger partial charge on any atom is -0.445 e. The molecule has 1 aromatic heterocycles. The number of likely N-dealkylation sites (tertiary alicyclic amines) is 1. The van der Waals surface area contributed by atoms with Crippen LogP contribution in [0.5, 0.6) is 0 Å². The number of hydrogen-bond donors (Lipinski definition) is 1. The lowest BCUT2D eigenvalue weighted by molar-refractivity contribution is 0.0669. The molecule has 1 atom stereocenters. The second kappa shape index (κ2) is 6.97. The Hall–Kier alpha value is -3.40. The van der Waals surface area contributed by atoms with Gasteiger partial charge in [-0.15, -0.1) is 0 Å². The third kappa shape index (κ3) is 3.07. The van der Waals surface area contributed by atoms with E-state index in [1.54, 1.807) is 4.90 Å². The SMILES string of the molecule is C[C@]1(c2nc3c(C#N)cc(F)cc3[nH]2)CCCN1C(=O)OCc1ccccc1. The second-order valence-corrected chi connectivity index (χ2v) is 7.12. The molecule has 1 fully saturated rings. The number of hydrogen-bond acceptors (Lipinski definition) is 4. The van der Waals surface area contributed by atoms with Crippen molar-refractivity contribution in [1.82, 2.24) is 14.9 Å². The summed E-state index contributed by atoms with van der Waals surface area (Å²) in [7, 11) is 0. The molecule has 0 unspecified atom stereocenters. The van der Waals surface area contributed by atoms with Gasteiger partial charge in [-0.1, -0.05) is 30.3 Å². The van der Waals surface area contributed by atoms with E-state index < -0.39 is 17.4 Å². The Bertz CT molecular complexity index is 1070. The Kier molecular flexibility index (Phi) is 4.47. The van der Waals surface area contributed by atoms with Gasteiger partial charge in [0, 0.05) is 6.54 Å². The van der Waals surface area contributed by atoms with E-state index in [4.69, 9.17) is 4.74 Å². The van der Waals surface area contributed by atoms with Gasteiger partial charge in [0.2, 0.25) is 0 Å². The summed E-state index contributed by atoms with van der Waals surface area (Å²) in [4.78, 5) is 22.0. The van der Waals surface area contributed by atoms with Crippen molar-refractivity contribution in [3.8, 4) is 6.07 Å². The lowest BCUT2D eigenvalue weighted by Crippen LogP contribution is -2.43. The van der Waals surface area contributed by atoms with Crippen LogP contribution in [-0.2, 0) is 16.9 Å². The van der Waals surface area contributed by atoms with Crippen LogP contribution >= 0.6 is 0 Å². The molecule has 6 nitrogen and oxygen atoms in total. The van der Waals surface area contributed by atoms with Crippen molar-refractivity contribution in [3.63, 3.8) is 0 Å². The van der Waals surface area contributed by atoms with Gasteiger partial charge in [0.15, 0.2) is 0 Å². The van der Waals surface area contributed by atoms with E-state index in [1.807, 2.05) is 43.3 Å². The van der Waals surface area contributed by atoms with E-state index in [2.05, 4.69) is 9.97 Å². The Balaban J connectivity index is 1.61. The number of fused-ring (bicyclic) bond motifs is 1. The molecule has 0 bridgehead atoms. The number of halogens is 1. The molecule has 7 heteroatoms. The van der Waals surface area contributed by atoms with E-state index in [9.17, 15) is 14.4 Å². The normalized spacial score (nSPS) is 19.0. The molecule has 0 spiro atoms. The van der Waals surface area contributed by atoms with E-state index in [0.29, 0.717) is 29.8 Å². The summed E-state index contributed by atoms with van der Waals surface area (Å²) in [6.07, 6.45) is 1.07. The second-order valence-electron chi connectivity index (χ2n) is 7.12. The number of imidazole rings is 1. The Morgan fingerprint density at radius 2 is 2.18 bits per heavy atom. The minimum absolute atomic E-state index is 0.164. The van der Waals surface area contributed by atoms with Crippen molar-refractivity contribution in [2.24, 2.45) is 0 Å².